The van der Waals surface area contributed by atoms with E-state index in [9.17, 15) is 0 Å². The molecule has 0 heterocycles. The maximum Gasteiger partial charge on any atom is 0.0211 e. The maximum absolute atomic E-state index is 3.22. The van der Waals surface area contributed by atoms with Crippen molar-refractivity contribution in [2.24, 2.45) is 0 Å². The van der Waals surface area contributed by atoms with Gasteiger partial charge >= 0.3 is 0 Å². The summed E-state index contributed by atoms with van der Waals surface area (Å²) in [5.74, 6) is 0. The molecule has 2 N–H and O–H groups in total. The molecule has 0 aliphatic rings. The van der Waals surface area contributed by atoms with Gasteiger partial charge in [-0.05, 0) is 6.92 Å². The highest BCUT2D eigenvalue weighted by molar-refractivity contribution is 9.09. The van der Waals surface area contributed by atoms with E-state index in [1.807, 2.05) is 19.1 Å². The van der Waals surface area contributed by atoms with Gasteiger partial charge in [0.25, 0.3) is 0 Å². The van der Waals surface area contributed by atoms with E-state index in [4.69, 9.17) is 0 Å². The Labute approximate surface area is 46.5 Å². The SMILES string of the molecule is CC=CCBr.O. The quantitative estimate of drug-likeness (QED) is 0.399. The smallest absolute Gasteiger partial charge is 0.0211 e. The monoisotopic (exact) mass is 152 g/mol. The fourth-order valence-corrected chi connectivity index (χ4v) is 0.463. The summed E-state index contributed by atoms with van der Waals surface area (Å²) in [6.45, 7) is 2.00. The fourth-order valence-electron chi connectivity index (χ4n) is 0.0891. The molecule has 0 atom stereocenters. The zero-order valence-corrected chi connectivity index (χ0v) is 5.33. The standard InChI is InChI=1S/C4H7Br.H2O/c1-2-3-4-5;/h2-3H,4H2,1H3;1H2. The largest absolute Gasteiger partial charge is 0.412 e. The van der Waals surface area contributed by atoms with Gasteiger partial charge in [-0.3, -0.25) is 0 Å². The molecule has 0 aromatic rings. The highest BCUT2D eigenvalue weighted by atomic mass is 79.9. The second-order valence-corrected chi connectivity index (χ2v) is 1.37. The molecule has 0 unspecified atom stereocenters. The van der Waals surface area contributed by atoms with Crippen molar-refractivity contribution >= 4 is 15.9 Å². The first-order chi connectivity index (χ1) is 2.41. The van der Waals surface area contributed by atoms with Gasteiger partial charge in [-0.25, -0.2) is 0 Å². The minimum Gasteiger partial charge on any atom is -0.412 e. The zero-order chi connectivity index (χ0) is 4.12. The lowest BCUT2D eigenvalue weighted by Gasteiger charge is -1.63. The van der Waals surface area contributed by atoms with E-state index < -0.39 is 0 Å². The van der Waals surface area contributed by atoms with Crippen molar-refractivity contribution in [3.8, 4) is 0 Å². The first-order valence-electron chi connectivity index (χ1n) is 1.59. The highest BCUT2D eigenvalue weighted by Crippen LogP contribution is 1.77. The van der Waals surface area contributed by atoms with Gasteiger partial charge in [-0.1, -0.05) is 28.1 Å². The lowest BCUT2D eigenvalue weighted by atomic mass is 10.6. The van der Waals surface area contributed by atoms with Crippen LogP contribution in [0.5, 0.6) is 0 Å². The second kappa shape index (κ2) is 8.95. The number of allylic oxidation sites excluding steroid dienone is 2. The van der Waals surface area contributed by atoms with E-state index in [1.54, 1.807) is 0 Å². The first kappa shape index (κ1) is 9.49. The molecule has 1 nitrogen and oxygen atoms in total. The molecule has 0 aliphatic carbocycles. The Morgan fingerprint density at radius 1 is 1.67 bits per heavy atom. The first-order valence-corrected chi connectivity index (χ1v) is 2.71. The molecule has 6 heavy (non-hydrogen) atoms. The van der Waals surface area contributed by atoms with Crippen molar-refractivity contribution in [3.63, 3.8) is 0 Å². The van der Waals surface area contributed by atoms with Crippen LogP contribution in [0, 0.1) is 0 Å². The predicted octanol–water partition coefficient (Wildman–Crippen LogP) is 1.13. The summed E-state index contributed by atoms with van der Waals surface area (Å²) in [5, 5.41) is 0.976. The zero-order valence-electron chi connectivity index (χ0n) is 3.74. The topological polar surface area (TPSA) is 31.5 Å². The van der Waals surface area contributed by atoms with E-state index >= 15 is 0 Å². The summed E-state index contributed by atoms with van der Waals surface area (Å²) < 4.78 is 0. The van der Waals surface area contributed by atoms with Gasteiger partial charge in [-0.2, -0.15) is 0 Å². The minimum absolute atomic E-state index is 0. The van der Waals surface area contributed by atoms with Crippen molar-refractivity contribution < 1.29 is 5.48 Å². The Morgan fingerprint density at radius 3 is 2.17 bits per heavy atom. The van der Waals surface area contributed by atoms with Crippen LogP contribution in [0.3, 0.4) is 0 Å². The second-order valence-electron chi connectivity index (χ2n) is 0.723. The lowest BCUT2D eigenvalue weighted by Crippen LogP contribution is -1.49. The van der Waals surface area contributed by atoms with Gasteiger partial charge in [0.2, 0.25) is 0 Å². The van der Waals surface area contributed by atoms with Crippen LogP contribution in [0.1, 0.15) is 6.92 Å². The van der Waals surface area contributed by atoms with Gasteiger partial charge in [0.05, 0.1) is 0 Å². The van der Waals surface area contributed by atoms with Crippen LogP contribution in [0.25, 0.3) is 0 Å². The lowest BCUT2D eigenvalue weighted by molar-refractivity contribution is 0.824. The average molecular weight is 153 g/mol. The van der Waals surface area contributed by atoms with Gasteiger partial charge in [-0.15, -0.1) is 0 Å². The van der Waals surface area contributed by atoms with Crippen LogP contribution in [-0.2, 0) is 0 Å². The molecule has 0 radical (unpaired) electrons. The maximum atomic E-state index is 3.22. The van der Waals surface area contributed by atoms with Crippen LogP contribution in [0.15, 0.2) is 12.2 Å². The van der Waals surface area contributed by atoms with Crippen molar-refractivity contribution in [2.75, 3.05) is 5.33 Å². The summed E-state index contributed by atoms with van der Waals surface area (Å²) in [4.78, 5) is 0. The number of alkyl halides is 1. The molecular formula is C4H9BrO. The van der Waals surface area contributed by atoms with Gasteiger partial charge in [0, 0.05) is 5.33 Å². The van der Waals surface area contributed by atoms with Crippen LogP contribution in [0.2, 0.25) is 0 Å². The molecule has 0 saturated heterocycles. The van der Waals surface area contributed by atoms with Crippen LogP contribution in [-0.4, -0.2) is 10.8 Å². The molecule has 0 aromatic heterocycles. The molecule has 0 aliphatic heterocycles. The number of hydrogen-bond donors (Lipinski definition) is 0. The van der Waals surface area contributed by atoms with E-state index in [1.165, 1.54) is 0 Å². The molecule has 0 aromatic carbocycles. The number of hydrogen-bond acceptors (Lipinski definition) is 0. The van der Waals surface area contributed by atoms with E-state index in [2.05, 4.69) is 15.9 Å². The Bertz CT molecular complexity index is 34.5. The molecule has 0 fully saturated rings. The Kier molecular flexibility index (Phi) is 14.2. The molecule has 0 amide bonds. The predicted molar refractivity (Wildman–Crippen MR) is 32.2 cm³/mol. The van der Waals surface area contributed by atoms with Gasteiger partial charge < -0.3 is 5.48 Å². The molecule has 0 spiro atoms. The van der Waals surface area contributed by atoms with Crippen molar-refractivity contribution in [1.29, 1.82) is 0 Å². The van der Waals surface area contributed by atoms with E-state index in [0.29, 0.717) is 0 Å². The van der Waals surface area contributed by atoms with Crippen LogP contribution in [0.4, 0.5) is 0 Å². The third-order valence-corrected chi connectivity index (χ3v) is 0.699. The third kappa shape index (κ3) is 8.89. The number of rotatable bonds is 1. The van der Waals surface area contributed by atoms with Gasteiger partial charge in [0.15, 0.2) is 0 Å². The van der Waals surface area contributed by atoms with Crippen molar-refractivity contribution in [2.45, 2.75) is 6.92 Å². The summed E-state index contributed by atoms with van der Waals surface area (Å²) in [6, 6.07) is 0. The van der Waals surface area contributed by atoms with Crippen LogP contribution < -0.4 is 0 Å². The summed E-state index contributed by atoms with van der Waals surface area (Å²) in [6.07, 6.45) is 4.05. The fraction of sp³-hybridized carbons (Fsp3) is 0.500. The summed E-state index contributed by atoms with van der Waals surface area (Å²) in [5.41, 5.74) is 0. The van der Waals surface area contributed by atoms with Crippen LogP contribution >= 0.6 is 15.9 Å². The molecular weight excluding hydrogens is 144 g/mol. The highest BCUT2D eigenvalue weighted by Gasteiger charge is 1.54. The Hall–Kier alpha value is 0.180. The van der Waals surface area contributed by atoms with Crippen molar-refractivity contribution in [3.05, 3.63) is 12.2 Å². The van der Waals surface area contributed by atoms with Gasteiger partial charge in [0.1, 0.15) is 0 Å². The van der Waals surface area contributed by atoms with E-state index in [-0.39, 0.29) is 5.48 Å². The van der Waals surface area contributed by atoms with Crippen molar-refractivity contribution in [1.82, 2.24) is 0 Å². The molecule has 0 bridgehead atoms. The van der Waals surface area contributed by atoms with E-state index in [0.717, 1.165) is 5.33 Å². The Balaban J connectivity index is 0. The summed E-state index contributed by atoms with van der Waals surface area (Å²) in [7, 11) is 0. The average Bonchev–Trinajstić information content (AvgIpc) is 1.41. The summed E-state index contributed by atoms with van der Waals surface area (Å²) >= 11 is 3.22. The molecule has 2 heteroatoms. The Morgan fingerprint density at radius 2 is 2.17 bits per heavy atom. The third-order valence-electron chi connectivity index (χ3n) is 0.325. The molecule has 0 rings (SSSR count). The molecule has 0 saturated carbocycles. The minimum atomic E-state index is 0. The normalized spacial score (nSPS) is 8.33. The molecule has 38 valence electrons. The number of halogens is 1.